The van der Waals surface area contributed by atoms with E-state index < -0.39 is 17.9 Å². The smallest absolute Gasteiger partial charge is 0.321 e. The molecule has 0 saturated carbocycles. The van der Waals surface area contributed by atoms with E-state index in [-0.39, 0.29) is 0 Å². The number of carboxylic acid groups (broad SMARTS) is 1. The zero-order chi connectivity index (χ0) is 13.8. The number of carbonyl (C=O) groups excluding carboxylic acids is 1. The SMILES string of the molecule is NC(=O)c1ccc(CN2CCSCC2C(=O)O)cc1. The zero-order valence-electron chi connectivity index (χ0n) is 10.4. The lowest BCUT2D eigenvalue weighted by molar-refractivity contribution is -0.142. The Bertz CT molecular complexity index is 475. The molecule has 1 saturated heterocycles. The molecule has 6 heteroatoms. The van der Waals surface area contributed by atoms with Crippen molar-refractivity contribution in [1.82, 2.24) is 4.90 Å². The number of aliphatic carboxylic acids is 1. The summed E-state index contributed by atoms with van der Waals surface area (Å²) in [6.07, 6.45) is 0. The first-order chi connectivity index (χ1) is 9.08. The van der Waals surface area contributed by atoms with E-state index in [0.717, 1.165) is 17.9 Å². The van der Waals surface area contributed by atoms with Gasteiger partial charge in [0.25, 0.3) is 0 Å². The fourth-order valence-corrected chi connectivity index (χ4v) is 3.17. The molecule has 1 atom stereocenters. The fourth-order valence-electron chi connectivity index (χ4n) is 2.06. The topological polar surface area (TPSA) is 83.6 Å². The van der Waals surface area contributed by atoms with Crippen LogP contribution in [0.25, 0.3) is 0 Å². The van der Waals surface area contributed by atoms with Gasteiger partial charge in [-0.2, -0.15) is 11.8 Å². The summed E-state index contributed by atoms with van der Waals surface area (Å²) < 4.78 is 0. The van der Waals surface area contributed by atoms with Crippen LogP contribution < -0.4 is 5.73 Å². The molecular formula is C13H16N2O3S. The molecule has 2 rings (SSSR count). The van der Waals surface area contributed by atoms with Crippen molar-refractivity contribution < 1.29 is 14.7 Å². The second-order valence-corrected chi connectivity index (χ2v) is 5.61. The van der Waals surface area contributed by atoms with Gasteiger partial charge < -0.3 is 10.8 Å². The van der Waals surface area contributed by atoms with Crippen molar-refractivity contribution in [3.05, 3.63) is 35.4 Å². The second-order valence-electron chi connectivity index (χ2n) is 4.46. The van der Waals surface area contributed by atoms with Crippen LogP contribution in [0.15, 0.2) is 24.3 Å². The lowest BCUT2D eigenvalue weighted by atomic mass is 10.1. The van der Waals surface area contributed by atoms with Gasteiger partial charge >= 0.3 is 5.97 Å². The molecule has 1 aromatic carbocycles. The van der Waals surface area contributed by atoms with E-state index >= 15 is 0 Å². The molecule has 0 aromatic heterocycles. The molecule has 3 N–H and O–H groups in total. The van der Waals surface area contributed by atoms with Crippen LogP contribution in [0.3, 0.4) is 0 Å². The number of primary amides is 1. The number of hydrogen-bond acceptors (Lipinski definition) is 4. The van der Waals surface area contributed by atoms with Gasteiger partial charge in [0.1, 0.15) is 6.04 Å². The average molecular weight is 280 g/mol. The van der Waals surface area contributed by atoms with Crippen molar-refractivity contribution in [2.75, 3.05) is 18.1 Å². The van der Waals surface area contributed by atoms with Crippen molar-refractivity contribution in [1.29, 1.82) is 0 Å². The number of hydrogen-bond donors (Lipinski definition) is 2. The van der Waals surface area contributed by atoms with Crippen LogP contribution >= 0.6 is 11.8 Å². The van der Waals surface area contributed by atoms with Crippen molar-refractivity contribution in [2.24, 2.45) is 5.73 Å². The average Bonchev–Trinajstić information content (AvgIpc) is 2.39. The minimum absolute atomic E-state index is 0.436. The van der Waals surface area contributed by atoms with Gasteiger partial charge in [-0.3, -0.25) is 14.5 Å². The van der Waals surface area contributed by atoms with E-state index in [1.54, 1.807) is 23.9 Å². The van der Waals surface area contributed by atoms with Crippen LogP contribution in [0.4, 0.5) is 0 Å². The number of nitrogens with zero attached hydrogens (tertiary/aromatic N) is 1. The van der Waals surface area contributed by atoms with E-state index in [1.165, 1.54) is 0 Å². The molecule has 1 aliphatic heterocycles. The van der Waals surface area contributed by atoms with E-state index in [1.807, 2.05) is 17.0 Å². The monoisotopic (exact) mass is 280 g/mol. The molecule has 0 bridgehead atoms. The van der Waals surface area contributed by atoms with Gasteiger partial charge in [0.05, 0.1) is 0 Å². The minimum Gasteiger partial charge on any atom is -0.480 e. The van der Waals surface area contributed by atoms with Gasteiger partial charge in [0.15, 0.2) is 0 Å². The summed E-state index contributed by atoms with van der Waals surface area (Å²) in [6.45, 7) is 1.34. The van der Waals surface area contributed by atoms with Gasteiger partial charge in [-0.1, -0.05) is 12.1 Å². The van der Waals surface area contributed by atoms with Crippen LogP contribution in [-0.2, 0) is 11.3 Å². The fraction of sp³-hybridized carbons (Fsp3) is 0.385. The normalized spacial score (nSPS) is 20.1. The number of carboxylic acids is 1. The Morgan fingerprint density at radius 3 is 2.63 bits per heavy atom. The number of carbonyl (C=O) groups is 2. The molecule has 0 aliphatic carbocycles. The molecule has 1 unspecified atom stereocenters. The van der Waals surface area contributed by atoms with Gasteiger partial charge in [-0.25, -0.2) is 0 Å². The molecule has 1 fully saturated rings. The molecule has 0 spiro atoms. The number of thioether (sulfide) groups is 1. The maximum Gasteiger partial charge on any atom is 0.321 e. The summed E-state index contributed by atoms with van der Waals surface area (Å²) in [4.78, 5) is 24.1. The molecule has 1 aliphatic rings. The number of rotatable bonds is 4. The van der Waals surface area contributed by atoms with Crippen LogP contribution in [-0.4, -0.2) is 46.0 Å². The van der Waals surface area contributed by atoms with E-state index in [0.29, 0.717) is 17.9 Å². The first-order valence-corrected chi connectivity index (χ1v) is 7.17. The van der Waals surface area contributed by atoms with E-state index in [4.69, 9.17) is 5.73 Å². The molecule has 0 radical (unpaired) electrons. The maximum atomic E-state index is 11.2. The molecule has 5 nitrogen and oxygen atoms in total. The van der Waals surface area contributed by atoms with Gasteiger partial charge in [-0.05, 0) is 17.7 Å². The van der Waals surface area contributed by atoms with Crippen molar-refractivity contribution in [3.63, 3.8) is 0 Å². The molecule has 1 amide bonds. The first-order valence-electron chi connectivity index (χ1n) is 6.01. The largest absolute Gasteiger partial charge is 0.480 e. The summed E-state index contributed by atoms with van der Waals surface area (Å²) in [7, 11) is 0. The van der Waals surface area contributed by atoms with Gasteiger partial charge in [0, 0.05) is 30.2 Å². The lowest BCUT2D eigenvalue weighted by Crippen LogP contribution is -2.46. The van der Waals surface area contributed by atoms with Gasteiger partial charge in [-0.15, -0.1) is 0 Å². The standard InChI is InChI=1S/C13H16N2O3S/c14-12(16)10-3-1-9(2-4-10)7-15-5-6-19-8-11(15)13(17)18/h1-4,11H,5-8H2,(H2,14,16)(H,17,18). The van der Waals surface area contributed by atoms with Crippen LogP contribution in [0.5, 0.6) is 0 Å². The number of amides is 1. The summed E-state index contributed by atoms with van der Waals surface area (Å²) in [5.41, 5.74) is 6.63. The summed E-state index contributed by atoms with van der Waals surface area (Å²) in [6, 6.07) is 6.55. The number of benzene rings is 1. The third-order valence-electron chi connectivity index (χ3n) is 3.15. The predicted molar refractivity (Wildman–Crippen MR) is 74.1 cm³/mol. The summed E-state index contributed by atoms with van der Waals surface area (Å²) >= 11 is 1.67. The molecule has 102 valence electrons. The van der Waals surface area contributed by atoms with Crippen molar-refractivity contribution in [3.8, 4) is 0 Å². The highest BCUT2D eigenvalue weighted by atomic mass is 32.2. The highest BCUT2D eigenvalue weighted by Crippen LogP contribution is 2.19. The molecular weight excluding hydrogens is 264 g/mol. The van der Waals surface area contributed by atoms with Gasteiger partial charge in [0.2, 0.25) is 5.91 Å². The third kappa shape index (κ3) is 3.48. The Hall–Kier alpha value is -1.53. The van der Waals surface area contributed by atoms with E-state index in [9.17, 15) is 14.7 Å². The highest BCUT2D eigenvalue weighted by Gasteiger charge is 2.28. The predicted octanol–water partition coefficient (Wildman–Crippen LogP) is 0.787. The van der Waals surface area contributed by atoms with Crippen molar-refractivity contribution in [2.45, 2.75) is 12.6 Å². The first kappa shape index (κ1) is 13.9. The highest BCUT2D eigenvalue weighted by molar-refractivity contribution is 7.99. The Kier molecular flexibility index (Phi) is 4.44. The second kappa shape index (κ2) is 6.08. The van der Waals surface area contributed by atoms with Crippen molar-refractivity contribution >= 4 is 23.6 Å². The van der Waals surface area contributed by atoms with Crippen LogP contribution in [0.1, 0.15) is 15.9 Å². The molecule has 1 aromatic rings. The zero-order valence-corrected chi connectivity index (χ0v) is 11.2. The van der Waals surface area contributed by atoms with Crippen LogP contribution in [0.2, 0.25) is 0 Å². The molecule has 1 heterocycles. The summed E-state index contributed by atoms with van der Waals surface area (Å²) in [5.74, 6) is 0.336. The minimum atomic E-state index is -0.777. The maximum absolute atomic E-state index is 11.2. The summed E-state index contributed by atoms with van der Waals surface area (Å²) in [5, 5.41) is 9.19. The Morgan fingerprint density at radius 2 is 2.05 bits per heavy atom. The lowest BCUT2D eigenvalue weighted by Gasteiger charge is -2.32. The Labute approximate surface area is 115 Å². The van der Waals surface area contributed by atoms with E-state index in [2.05, 4.69) is 0 Å². The number of nitrogens with two attached hydrogens (primary N) is 1. The quantitative estimate of drug-likeness (QED) is 0.852. The third-order valence-corrected chi connectivity index (χ3v) is 4.17. The Balaban J connectivity index is 2.06. The Morgan fingerprint density at radius 1 is 1.37 bits per heavy atom. The molecule has 19 heavy (non-hydrogen) atoms. The van der Waals surface area contributed by atoms with Crippen LogP contribution in [0, 0.1) is 0 Å².